The summed E-state index contributed by atoms with van der Waals surface area (Å²) in [6.45, 7) is 29.4. The van der Waals surface area contributed by atoms with E-state index in [0.29, 0.717) is 0 Å². The third-order valence-corrected chi connectivity index (χ3v) is 7.38. The van der Waals surface area contributed by atoms with Gasteiger partial charge in [-0.3, -0.25) is 0 Å². The SMILES string of the molecule is CC(C)CC(C)CC(C)CC(C)CC(C)CC(C)CC(C)CC(C)CC(C)CC(C)C. The molecule has 0 saturated carbocycles. The Bertz CT molecular complexity index is 370. The average molecular weight is 437 g/mol. The van der Waals surface area contributed by atoms with Crippen molar-refractivity contribution in [2.75, 3.05) is 0 Å². The molecule has 8 atom stereocenters. The second kappa shape index (κ2) is 16.6. The first-order valence-corrected chi connectivity index (χ1v) is 14.3. The smallest absolute Gasteiger partial charge is 0.0438 e. The lowest BCUT2D eigenvalue weighted by atomic mass is 9.79. The van der Waals surface area contributed by atoms with Crippen molar-refractivity contribution in [1.82, 2.24) is 0 Å². The fraction of sp³-hybridized carbons (Fsp3) is 1.00. The predicted octanol–water partition coefficient (Wildman–Crippen LogP) is 10.9. The lowest BCUT2D eigenvalue weighted by molar-refractivity contribution is 0.252. The second-order valence-electron chi connectivity index (χ2n) is 13.8. The summed E-state index contributed by atoms with van der Waals surface area (Å²) in [6.07, 6.45) is 12.7. The third kappa shape index (κ3) is 18.1. The Labute approximate surface area is 200 Å². The Morgan fingerprint density at radius 1 is 0.226 bits per heavy atom. The van der Waals surface area contributed by atoms with E-state index in [2.05, 4.69) is 83.1 Å². The second-order valence-corrected chi connectivity index (χ2v) is 13.8. The van der Waals surface area contributed by atoms with Crippen LogP contribution in [-0.2, 0) is 0 Å². The summed E-state index contributed by atoms with van der Waals surface area (Å²) in [5, 5.41) is 0. The highest BCUT2D eigenvalue weighted by atomic mass is 14.3. The minimum atomic E-state index is 0.843. The van der Waals surface area contributed by atoms with Crippen molar-refractivity contribution < 1.29 is 0 Å². The standard InChI is InChI=1S/C31H64/c1-22(2)13-24(5)15-26(7)17-28(9)19-30(11)21-31(12)20-29(10)18-27(8)16-25(6)14-23(3)4/h22-31H,13-21H2,1-12H3. The summed E-state index contributed by atoms with van der Waals surface area (Å²) < 4.78 is 0. The monoisotopic (exact) mass is 437 g/mol. The molecule has 0 radical (unpaired) electrons. The van der Waals surface area contributed by atoms with Gasteiger partial charge in [-0.1, -0.05) is 83.1 Å². The molecule has 31 heavy (non-hydrogen) atoms. The number of hydrogen-bond acceptors (Lipinski definition) is 0. The van der Waals surface area contributed by atoms with Gasteiger partial charge in [-0.05, 0) is 117 Å². The van der Waals surface area contributed by atoms with Crippen LogP contribution in [-0.4, -0.2) is 0 Å². The van der Waals surface area contributed by atoms with Crippen LogP contribution in [0.5, 0.6) is 0 Å². The molecule has 0 aliphatic rings. The molecule has 0 saturated heterocycles. The van der Waals surface area contributed by atoms with Gasteiger partial charge in [0, 0.05) is 0 Å². The Balaban J connectivity index is 4.16. The van der Waals surface area contributed by atoms with E-state index < -0.39 is 0 Å². The maximum atomic E-state index is 2.51. The van der Waals surface area contributed by atoms with Gasteiger partial charge in [0.1, 0.15) is 0 Å². The number of rotatable bonds is 18. The van der Waals surface area contributed by atoms with E-state index in [9.17, 15) is 0 Å². The molecule has 0 fully saturated rings. The summed E-state index contributed by atoms with van der Waals surface area (Å²) in [7, 11) is 0. The Kier molecular flexibility index (Phi) is 16.6. The molecule has 0 aliphatic carbocycles. The Hall–Kier alpha value is 0. The van der Waals surface area contributed by atoms with Crippen molar-refractivity contribution in [2.24, 2.45) is 59.2 Å². The normalized spacial score (nSPS) is 20.3. The summed E-state index contributed by atoms with van der Waals surface area (Å²) in [5.74, 6) is 8.73. The zero-order valence-electron chi connectivity index (χ0n) is 24.1. The molecule has 8 unspecified atom stereocenters. The lowest BCUT2D eigenvalue weighted by Crippen LogP contribution is -2.15. The van der Waals surface area contributed by atoms with Crippen molar-refractivity contribution in [3.8, 4) is 0 Å². The fourth-order valence-electron chi connectivity index (χ4n) is 7.19. The number of hydrogen-bond donors (Lipinski definition) is 0. The quantitative estimate of drug-likeness (QED) is 0.200. The van der Waals surface area contributed by atoms with E-state index in [1.165, 1.54) is 57.8 Å². The van der Waals surface area contributed by atoms with E-state index >= 15 is 0 Å². The van der Waals surface area contributed by atoms with Crippen LogP contribution in [0.15, 0.2) is 0 Å². The first-order chi connectivity index (χ1) is 14.3. The summed E-state index contributed by atoms with van der Waals surface area (Å²) in [6, 6.07) is 0. The molecular weight excluding hydrogens is 372 g/mol. The van der Waals surface area contributed by atoms with Crippen LogP contribution in [0, 0.1) is 59.2 Å². The van der Waals surface area contributed by atoms with Gasteiger partial charge in [0.05, 0.1) is 0 Å². The summed E-state index contributed by atoms with van der Waals surface area (Å²) in [4.78, 5) is 0. The molecule has 0 amide bonds. The Morgan fingerprint density at radius 3 is 0.484 bits per heavy atom. The minimum Gasteiger partial charge on any atom is -0.0628 e. The van der Waals surface area contributed by atoms with Gasteiger partial charge in [-0.15, -0.1) is 0 Å². The average Bonchev–Trinajstić information content (AvgIpc) is 2.50. The highest BCUT2D eigenvalue weighted by Crippen LogP contribution is 2.31. The van der Waals surface area contributed by atoms with Crippen LogP contribution in [0.3, 0.4) is 0 Å². The zero-order chi connectivity index (χ0) is 24.1. The van der Waals surface area contributed by atoms with Gasteiger partial charge in [-0.2, -0.15) is 0 Å². The van der Waals surface area contributed by atoms with Gasteiger partial charge in [0.25, 0.3) is 0 Å². The molecule has 0 spiro atoms. The molecule has 0 aromatic carbocycles. The molecule has 188 valence electrons. The van der Waals surface area contributed by atoms with Gasteiger partial charge >= 0.3 is 0 Å². The van der Waals surface area contributed by atoms with Crippen LogP contribution in [0.4, 0.5) is 0 Å². The predicted molar refractivity (Wildman–Crippen MR) is 145 cm³/mol. The van der Waals surface area contributed by atoms with Crippen molar-refractivity contribution in [3.05, 3.63) is 0 Å². The topological polar surface area (TPSA) is 0 Å². The van der Waals surface area contributed by atoms with E-state index in [0.717, 1.165) is 59.2 Å². The zero-order valence-corrected chi connectivity index (χ0v) is 24.1. The third-order valence-electron chi connectivity index (χ3n) is 7.38. The summed E-state index contributed by atoms with van der Waals surface area (Å²) in [5.41, 5.74) is 0. The van der Waals surface area contributed by atoms with Crippen molar-refractivity contribution in [3.63, 3.8) is 0 Å². The van der Waals surface area contributed by atoms with Gasteiger partial charge in [-0.25, -0.2) is 0 Å². The molecule has 0 aromatic heterocycles. The van der Waals surface area contributed by atoms with Crippen LogP contribution in [0.1, 0.15) is 141 Å². The van der Waals surface area contributed by atoms with Crippen LogP contribution >= 0.6 is 0 Å². The van der Waals surface area contributed by atoms with Crippen LogP contribution < -0.4 is 0 Å². The highest BCUT2D eigenvalue weighted by molar-refractivity contribution is 4.71. The van der Waals surface area contributed by atoms with Crippen molar-refractivity contribution >= 4 is 0 Å². The summed E-state index contributed by atoms with van der Waals surface area (Å²) >= 11 is 0. The first kappa shape index (κ1) is 31.0. The van der Waals surface area contributed by atoms with Crippen molar-refractivity contribution in [1.29, 1.82) is 0 Å². The molecule has 0 heteroatoms. The molecule has 0 N–H and O–H groups in total. The fourth-order valence-corrected chi connectivity index (χ4v) is 7.19. The van der Waals surface area contributed by atoms with E-state index in [-0.39, 0.29) is 0 Å². The molecule has 0 aliphatic heterocycles. The van der Waals surface area contributed by atoms with Gasteiger partial charge in [0.15, 0.2) is 0 Å². The van der Waals surface area contributed by atoms with E-state index in [1.54, 1.807) is 0 Å². The lowest BCUT2D eigenvalue weighted by Gasteiger charge is -2.26. The van der Waals surface area contributed by atoms with Crippen LogP contribution in [0.25, 0.3) is 0 Å². The minimum absolute atomic E-state index is 0.843. The highest BCUT2D eigenvalue weighted by Gasteiger charge is 2.19. The Morgan fingerprint density at radius 2 is 0.355 bits per heavy atom. The van der Waals surface area contributed by atoms with Crippen LogP contribution in [0.2, 0.25) is 0 Å². The molecule has 0 bridgehead atoms. The van der Waals surface area contributed by atoms with E-state index in [1.807, 2.05) is 0 Å². The van der Waals surface area contributed by atoms with Crippen molar-refractivity contribution in [2.45, 2.75) is 141 Å². The maximum Gasteiger partial charge on any atom is -0.0438 e. The molecule has 0 aromatic rings. The molecule has 0 nitrogen and oxygen atoms in total. The largest absolute Gasteiger partial charge is 0.0628 e. The first-order valence-electron chi connectivity index (χ1n) is 14.3. The molecular formula is C31H64. The molecule has 0 rings (SSSR count). The molecule has 0 heterocycles. The maximum absolute atomic E-state index is 2.51. The van der Waals surface area contributed by atoms with Gasteiger partial charge in [0.2, 0.25) is 0 Å². The van der Waals surface area contributed by atoms with Gasteiger partial charge < -0.3 is 0 Å². The van der Waals surface area contributed by atoms with E-state index in [4.69, 9.17) is 0 Å².